The van der Waals surface area contributed by atoms with Crippen molar-refractivity contribution in [3.8, 4) is 11.3 Å². The van der Waals surface area contributed by atoms with E-state index in [2.05, 4.69) is 15.4 Å². The first-order chi connectivity index (χ1) is 19.8. The summed E-state index contributed by atoms with van der Waals surface area (Å²) in [6.45, 7) is 1.99. The minimum Gasteiger partial charge on any atom is -0.382 e. The number of carbonyl (C=O) groups is 2. The van der Waals surface area contributed by atoms with E-state index < -0.39 is 48.2 Å². The Bertz CT molecular complexity index is 1550. The van der Waals surface area contributed by atoms with Gasteiger partial charge in [-0.25, -0.2) is 31.5 Å². The number of likely N-dealkylation sites (tertiary alicyclic amines) is 2. The van der Waals surface area contributed by atoms with E-state index >= 15 is 0 Å². The highest BCUT2D eigenvalue weighted by Gasteiger charge is 2.63. The van der Waals surface area contributed by atoms with Crippen molar-refractivity contribution < 1.29 is 31.5 Å². The first-order valence-corrected chi connectivity index (χ1v) is 13.8. The van der Waals surface area contributed by atoms with E-state index in [1.807, 2.05) is 11.0 Å². The van der Waals surface area contributed by atoms with Crippen molar-refractivity contribution in [3.63, 3.8) is 0 Å². The van der Waals surface area contributed by atoms with Crippen molar-refractivity contribution in [2.24, 2.45) is 5.92 Å². The molecule has 2 aliphatic heterocycles. The predicted molar refractivity (Wildman–Crippen MR) is 143 cm³/mol. The molecule has 0 radical (unpaired) electrons. The molecular weight excluding hydrogens is 561 g/mol. The summed E-state index contributed by atoms with van der Waals surface area (Å²) in [5.74, 6) is -8.30. The van der Waals surface area contributed by atoms with Gasteiger partial charge >= 0.3 is 0 Å². The van der Waals surface area contributed by atoms with Gasteiger partial charge in [-0.05, 0) is 30.2 Å². The van der Waals surface area contributed by atoms with Crippen molar-refractivity contribution in [1.29, 1.82) is 0 Å². The molecule has 1 aromatic carbocycles. The molecular formula is C28H30F5N7O2. The fourth-order valence-corrected chi connectivity index (χ4v) is 5.80. The Labute approximate surface area is 237 Å². The molecule has 2 amide bonds. The number of halogens is 5. The van der Waals surface area contributed by atoms with Crippen LogP contribution in [0.25, 0.3) is 16.8 Å². The first-order valence-electron chi connectivity index (χ1n) is 13.8. The van der Waals surface area contributed by atoms with Crippen LogP contribution in [0.15, 0.2) is 30.6 Å². The molecule has 2 aromatic heterocycles. The van der Waals surface area contributed by atoms with E-state index in [0.29, 0.717) is 28.9 Å². The van der Waals surface area contributed by atoms with Gasteiger partial charge in [-0.15, -0.1) is 0 Å². The zero-order valence-electron chi connectivity index (χ0n) is 22.8. The molecule has 6 rings (SSSR count). The number of nitrogen functional groups attached to an aromatic ring is 1. The first kappa shape index (κ1) is 28.3. The lowest BCUT2D eigenvalue weighted by Crippen LogP contribution is -2.42. The number of aryl methyl sites for hydroxylation is 1. The van der Waals surface area contributed by atoms with Crippen LogP contribution in [0.3, 0.4) is 0 Å². The molecule has 2 saturated heterocycles. The number of rotatable bonds is 6. The lowest BCUT2D eigenvalue weighted by Gasteiger charge is -2.31. The number of carbonyl (C=O) groups excluding carboxylic acids is 2. The van der Waals surface area contributed by atoms with E-state index in [4.69, 9.17) is 5.73 Å². The summed E-state index contributed by atoms with van der Waals surface area (Å²) in [5, 5.41) is 6.97. The molecule has 224 valence electrons. The number of hydrogen-bond acceptors (Lipinski definition) is 6. The Morgan fingerprint density at radius 2 is 1.83 bits per heavy atom. The maximum absolute atomic E-state index is 14.8. The van der Waals surface area contributed by atoms with Crippen LogP contribution in [0.1, 0.15) is 40.7 Å². The lowest BCUT2D eigenvalue weighted by molar-refractivity contribution is -0.134. The van der Waals surface area contributed by atoms with Crippen LogP contribution in [0.2, 0.25) is 0 Å². The molecule has 3 fully saturated rings. The van der Waals surface area contributed by atoms with Gasteiger partial charge in [0.05, 0.1) is 18.3 Å². The molecule has 14 heteroatoms. The van der Waals surface area contributed by atoms with Crippen LogP contribution < -0.4 is 11.1 Å². The van der Waals surface area contributed by atoms with Gasteiger partial charge in [0.15, 0.2) is 5.82 Å². The van der Waals surface area contributed by atoms with Crippen molar-refractivity contribution >= 4 is 23.1 Å². The number of alkyl halides is 5. The quantitative estimate of drug-likeness (QED) is 0.426. The summed E-state index contributed by atoms with van der Waals surface area (Å²) < 4.78 is 70.5. The lowest BCUT2D eigenvalue weighted by atomic mass is 10.0. The molecule has 3 atom stereocenters. The highest BCUT2D eigenvalue weighted by Crippen LogP contribution is 2.49. The Kier molecular flexibility index (Phi) is 6.86. The summed E-state index contributed by atoms with van der Waals surface area (Å²) in [7, 11) is 0. The normalized spacial score (nSPS) is 25.1. The maximum atomic E-state index is 14.8. The molecule has 42 heavy (non-hydrogen) atoms. The fourth-order valence-electron chi connectivity index (χ4n) is 5.80. The molecule has 3 N–H and O–H groups in total. The number of anilines is 1. The number of nitrogens with zero attached hydrogens (tertiary/aromatic N) is 5. The fraction of sp³-hybridized carbons (Fsp3) is 0.500. The summed E-state index contributed by atoms with van der Waals surface area (Å²) in [6, 6.07) is 5.95. The van der Waals surface area contributed by atoms with Gasteiger partial charge in [-0.1, -0.05) is 12.1 Å². The van der Waals surface area contributed by atoms with E-state index in [9.17, 15) is 31.5 Å². The van der Waals surface area contributed by atoms with Gasteiger partial charge in [-0.2, -0.15) is 5.10 Å². The third kappa shape index (κ3) is 5.27. The summed E-state index contributed by atoms with van der Waals surface area (Å²) in [5.41, 5.74) is 9.54. The van der Waals surface area contributed by atoms with Crippen LogP contribution in [-0.4, -0.2) is 86.4 Å². The number of nitrogens with two attached hydrogens (primary N) is 1. The largest absolute Gasteiger partial charge is 0.382 e. The number of amides is 2. The topological polar surface area (TPSA) is 109 Å². The van der Waals surface area contributed by atoms with Crippen molar-refractivity contribution in [3.05, 3.63) is 47.3 Å². The number of piperidine rings is 1. The third-order valence-corrected chi connectivity index (χ3v) is 8.42. The van der Waals surface area contributed by atoms with Crippen LogP contribution in [-0.2, 0) is 11.3 Å². The van der Waals surface area contributed by atoms with Gasteiger partial charge in [-0.3, -0.25) is 14.5 Å². The molecule has 0 unspecified atom stereocenters. The molecule has 4 heterocycles. The number of fused-ring (bicyclic) bond motifs is 1. The van der Waals surface area contributed by atoms with Crippen LogP contribution in [0.5, 0.6) is 0 Å². The average molecular weight is 592 g/mol. The summed E-state index contributed by atoms with van der Waals surface area (Å²) >= 11 is 0. The van der Waals surface area contributed by atoms with E-state index in [0.717, 1.165) is 10.5 Å². The van der Waals surface area contributed by atoms with E-state index in [1.54, 1.807) is 29.6 Å². The number of benzene rings is 1. The van der Waals surface area contributed by atoms with E-state index in [1.165, 1.54) is 6.33 Å². The smallest absolute Gasteiger partial charge is 0.260 e. The number of nitrogens with one attached hydrogen (secondary N) is 1. The third-order valence-electron chi connectivity index (χ3n) is 8.42. The number of hydrogen-bond donors (Lipinski definition) is 2. The van der Waals surface area contributed by atoms with Crippen molar-refractivity contribution in [2.45, 2.75) is 56.8 Å². The molecule has 3 aromatic rings. The molecule has 0 bridgehead atoms. The zero-order chi connectivity index (χ0) is 30.0. The molecule has 0 spiro atoms. The van der Waals surface area contributed by atoms with Gasteiger partial charge in [0.1, 0.15) is 23.9 Å². The van der Waals surface area contributed by atoms with Crippen LogP contribution >= 0.6 is 0 Å². The average Bonchev–Trinajstić information content (AvgIpc) is 3.22. The maximum Gasteiger partial charge on any atom is 0.260 e. The second-order valence-corrected chi connectivity index (χ2v) is 11.5. The minimum absolute atomic E-state index is 0.192. The number of aromatic nitrogens is 3. The van der Waals surface area contributed by atoms with Crippen molar-refractivity contribution in [1.82, 2.24) is 29.7 Å². The standard InChI is InChI=1S/C28H30F5N7O2/c1-15-2-3-16(8-18(15)25(41)37-21-13-39(12-20(21)29)26(42)19-10-28(19,32)33)22-9-17(23-24(34)35-14-36-40(22)23)11-38-6-4-27(30,31)5-7-38/h2-3,8-9,14,19-21H,4-7,10-13H2,1H3,(H,37,41)(H2,34,35,36)/t19-,20+,21-/m1/s1. The Balaban J connectivity index is 1.23. The second kappa shape index (κ2) is 10.2. The zero-order valence-corrected chi connectivity index (χ0v) is 22.8. The second-order valence-electron chi connectivity index (χ2n) is 11.5. The molecule has 3 aliphatic rings. The van der Waals surface area contributed by atoms with Crippen LogP contribution in [0, 0.1) is 12.8 Å². The Hall–Kier alpha value is -3.81. The monoisotopic (exact) mass is 591 g/mol. The predicted octanol–water partition coefficient (Wildman–Crippen LogP) is 3.45. The molecule has 9 nitrogen and oxygen atoms in total. The van der Waals surface area contributed by atoms with Crippen LogP contribution in [0.4, 0.5) is 27.8 Å². The Morgan fingerprint density at radius 3 is 2.52 bits per heavy atom. The van der Waals surface area contributed by atoms with Gasteiger partial charge in [0, 0.05) is 56.6 Å². The Morgan fingerprint density at radius 1 is 1.12 bits per heavy atom. The highest BCUT2D eigenvalue weighted by atomic mass is 19.3. The molecule has 1 saturated carbocycles. The SMILES string of the molecule is Cc1ccc(-c2cc(CN3CCC(F)(F)CC3)c3c(N)ncnn23)cc1C(=O)N[C@@H]1CN(C(=O)[C@H]2CC2(F)F)C[C@@H]1F. The van der Waals surface area contributed by atoms with Gasteiger partial charge in [0.25, 0.3) is 17.8 Å². The summed E-state index contributed by atoms with van der Waals surface area (Å²) in [6.07, 6.45) is -1.30. The minimum atomic E-state index is -3.05. The van der Waals surface area contributed by atoms with Gasteiger partial charge in [0.2, 0.25) is 5.91 Å². The highest BCUT2D eigenvalue weighted by molar-refractivity contribution is 5.97. The van der Waals surface area contributed by atoms with Crippen molar-refractivity contribution in [2.75, 3.05) is 31.9 Å². The van der Waals surface area contributed by atoms with E-state index in [-0.39, 0.29) is 50.4 Å². The molecule has 1 aliphatic carbocycles. The van der Waals surface area contributed by atoms with Gasteiger partial charge < -0.3 is 16.0 Å². The summed E-state index contributed by atoms with van der Waals surface area (Å²) in [4.78, 5) is 32.7.